The molecule has 2 unspecified atom stereocenters. The van der Waals surface area contributed by atoms with Gasteiger partial charge in [-0.2, -0.15) is 13.2 Å². The Labute approximate surface area is 169 Å². The lowest BCUT2D eigenvalue weighted by Crippen LogP contribution is -2.54. The van der Waals surface area contributed by atoms with Crippen LogP contribution in [0.3, 0.4) is 0 Å². The fourth-order valence-electron chi connectivity index (χ4n) is 4.13. The van der Waals surface area contributed by atoms with Crippen LogP contribution < -0.4 is 15.5 Å². The zero-order valence-electron chi connectivity index (χ0n) is 15.8. The molecule has 0 aromatic heterocycles. The van der Waals surface area contributed by atoms with Crippen LogP contribution in [0.5, 0.6) is 0 Å². The van der Waals surface area contributed by atoms with Gasteiger partial charge in [0.05, 0.1) is 17.5 Å². The zero-order chi connectivity index (χ0) is 21.6. The van der Waals surface area contributed by atoms with E-state index >= 15 is 0 Å². The van der Waals surface area contributed by atoms with Crippen LogP contribution in [0.2, 0.25) is 0 Å². The first-order valence-electron chi connectivity index (χ1n) is 9.55. The fourth-order valence-corrected chi connectivity index (χ4v) is 4.13. The number of nitrogens with one attached hydrogen (secondary N) is 2. The molecule has 3 aliphatic rings. The maximum Gasteiger partial charge on any atom is 0.390 e. The van der Waals surface area contributed by atoms with Crippen LogP contribution in [0.1, 0.15) is 40.0 Å². The van der Waals surface area contributed by atoms with Crippen molar-refractivity contribution >= 4 is 29.3 Å². The number of alkyl halides is 3. The second kappa shape index (κ2) is 7.38. The molecule has 0 spiro atoms. The van der Waals surface area contributed by atoms with Crippen molar-refractivity contribution in [1.29, 1.82) is 0 Å². The summed E-state index contributed by atoms with van der Waals surface area (Å²) in [4.78, 5) is 51.7. The summed E-state index contributed by atoms with van der Waals surface area (Å²) in [5.74, 6) is -2.42. The van der Waals surface area contributed by atoms with Crippen LogP contribution in [0.25, 0.3) is 0 Å². The van der Waals surface area contributed by atoms with Gasteiger partial charge in [0, 0.05) is 37.8 Å². The van der Waals surface area contributed by atoms with Crippen molar-refractivity contribution in [3.63, 3.8) is 0 Å². The molecule has 2 atom stereocenters. The summed E-state index contributed by atoms with van der Waals surface area (Å²) in [6.45, 7) is 0.913. The second-order valence-corrected chi connectivity index (χ2v) is 7.59. The molecule has 1 aromatic rings. The van der Waals surface area contributed by atoms with E-state index in [9.17, 15) is 32.3 Å². The quantitative estimate of drug-likeness (QED) is 0.698. The molecule has 3 aliphatic heterocycles. The van der Waals surface area contributed by atoms with Crippen molar-refractivity contribution in [2.75, 3.05) is 24.5 Å². The largest absolute Gasteiger partial charge is 0.390 e. The predicted octanol–water partition coefficient (Wildman–Crippen LogP) is 0.818. The fraction of sp³-hybridized carbons (Fsp3) is 0.474. The molecule has 0 saturated carbocycles. The molecule has 2 N–H and O–H groups in total. The SMILES string of the molecule is O=C1CCC(N2C(=O)c3ccc(N4CCNC(CC(F)(F)F)C4)cc3C2=O)C(=O)N1. The molecular formula is C19H19F3N4O4. The van der Waals surface area contributed by atoms with Gasteiger partial charge >= 0.3 is 6.18 Å². The van der Waals surface area contributed by atoms with Crippen molar-refractivity contribution in [2.45, 2.75) is 37.5 Å². The van der Waals surface area contributed by atoms with Crippen LogP contribution in [-0.4, -0.2) is 66.4 Å². The molecule has 160 valence electrons. The number of hydrogen-bond donors (Lipinski definition) is 2. The van der Waals surface area contributed by atoms with E-state index in [1.165, 1.54) is 12.1 Å². The van der Waals surface area contributed by atoms with E-state index in [4.69, 9.17) is 0 Å². The summed E-state index contributed by atoms with van der Waals surface area (Å²) >= 11 is 0. The van der Waals surface area contributed by atoms with Crippen LogP contribution in [-0.2, 0) is 9.59 Å². The highest BCUT2D eigenvalue weighted by Gasteiger charge is 2.45. The molecule has 0 radical (unpaired) electrons. The lowest BCUT2D eigenvalue weighted by Gasteiger charge is -2.35. The minimum absolute atomic E-state index is 0.0242. The number of hydrogen-bond acceptors (Lipinski definition) is 6. The number of halogens is 3. The van der Waals surface area contributed by atoms with E-state index < -0.39 is 48.3 Å². The Bertz CT molecular complexity index is 933. The van der Waals surface area contributed by atoms with Gasteiger partial charge in [-0.25, -0.2) is 0 Å². The van der Waals surface area contributed by atoms with E-state index in [0.717, 1.165) is 4.90 Å². The highest BCUT2D eigenvalue weighted by atomic mass is 19.4. The summed E-state index contributed by atoms with van der Waals surface area (Å²) in [6.07, 6.45) is -5.17. The number of rotatable bonds is 3. The first-order valence-corrected chi connectivity index (χ1v) is 9.55. The third-order valence-corrected chi connectivity index (χ3v) is 5.52. The summed E-state index contributed by atoms with van der Waals surface area (Å²) in [5.41, 5.74) is 0.775. The topological polar surface area (TPSA) is 98.8 Å². The molecule has 3 heterocycles. The van der Waals surface area contributed by atoms with Gasteiger partial charge in [0.15, 0.2) is 0 Å². The van der Waals surface area contributed by atoms with E-state index in [-0.39, 0.29) is 30.5 Å². The number of fused-ring (bicyclic) bond motifs is 1. The zero-order valence-corrected chi connectivity index (χ0v) is 15.8. The van der Waals surface area contributed by atoms with Crippen LogP contribution in [0.15, 0.2) is 18.2 Å². The second-order valence-electron chi connectivity index (χ2n) is 7.59. The Morgan fingerprint density at radius 3 is 2.50 bits per heavy atom. The molecule has 2 fully saturated rings. The van der Waals surface area contributed by atoms with Crippen molar-refractivity contribution in [3.8, 4) is 0 Å². The molecule has 4 rings (SSSR count). The summed E-state index contributed by atoms with van der Waals surface area (Å²) < 4.78 is 38.2. The number of carbonyl (C=O) groups excluding carboxylic acids is 4. The highest BCUT2D eigenvalue weighted by molar-refractivity contribution is 6.23. The van der Waals surface area contributed by atoms with Gasteiger partial charge < -0.3 is 10.2 Å². The van der Waals surface area contributed by atoms with E-state index in [0.29, 0.717) is 18.8 Å². The normalized spacial score (nSPS) is 24.9. The number of carbonyl (C=O) groups is 4. The summed E-state index contributed by atoms with van der Waals surface area (Å²) in [5, 5.41) is 4.97. The van der Waals surface area contributed by atoms with Crippen LogP contribution in [0.4, 0.5) is 18.9 Å². The molecule has 0 aliphatic carbocycles. The maximum absolute atomic E-state index is 12.9. The minimum atomic E-state index is -4.29. The van der Waals surface area contributed by atoms with E-state index in [1.807, 2.05) is 0 Å². The first-order chi connectivity index (χ1) is 14.1. The monoisotopic (exact) mass is 424 g/mol. The average molecular weight is 424 g/mol. The third-order valence-electron chi connectivity index (χ3n) is 5.52. The van der Waals surface area contributed by atoms with Crippen molar-refractivity contribution in [1.82, 2.24) is 15.5 Å². The number of nitrogens with zero attached hydrogens (tertiary/aromatic N) is 2. The van der Waals surface area contributed by atoms with Gasteiger partial charge in [-0.05, 0) is 24.6 Å². The van der Waals surface area contributed by atoms with Gasteiger partial charge in [0.25, 0.3) is 11.8 Å². The van der Waals surface area contributed by atoms with E-state index in [1.54, 1.807) is 11.0 Å². The Kier molecular flexibility index (Phi) is 5.00. The highest BCUT2D eigenvalue weighted by Crippen LogP contribution is 2.31. The third kappa shape index (κ3) is 3.76. The number of anilines is 1. The number of piperidine rings is 1. The lowest BCUT2D eigenvalue weighted by molar-refractivity contribution is -0.140. The minimum Gasteiger partial charge on any atom is -0.369 e. The Morgan fingerprint density at radius 1 is 1.07 bits per heavy atom. The smallest absolute Gasteiger partial charge is 0.369 e. The molecule has 11 heteroatoms. The number of benzene rings is 1. The van der Waals surface area contributed by atoms with Crippen molar-refractivity contribution < 1.29 is 32.3 Å². The van der Waals surface area contributed by atoms with Gasteiger partial charge in [-0.15, -0.1) is 0 Å². The van der Waals surface area contributed by atoms with Gasteiger partial charge in [-0.3, -0.25) is 29.4 Å². The number of piperazine rings is 1. The average Bonchev–Trinajstić information content (AvgIpc) is 2.91. The molecule has 2 saturated heterocycles. The Balaban J connectivity index is 1.55. The number of amides is 4. The van der Waals surface area contributed by atoms with Crippen molar-refractivity contribution in [3.05, 3.63) is 29.3 Å². The molecule has 1 aromatic carbocycles. The van der Waals surface area contributed by atoms with E-state index in [2.05, 4.69) is 10.6 Å². The molecular weight excluding hydrogens is 405 g/mol. The van der Waals surface area contributed by atoms with Crippen LogP contribution in [0, 0.1) is 0 Å². The first kappa shape index (κ1) is 20.3. The molecule has 30 heavy (non-hydrogen) atoms. The maximum atomic E-state index is 12.9. The predicted molar refractivity (Wildman–Crippen MR) is 97.8 cm³/mol. The Morgan fingerprint density at radius 2 is 1.80 bits per heavy atom. The van der Waals surface area contributed by atoms with Gasteiger partial charge in [0.2, 0.25) is 11.8 Å². The van der Waals surface area contributed by atoms with Gasteiger partial charge in [-0.1, -0.05) is 0 Å². The van der Waals surface area contributed by atoms with Gasteiger partial charge in [0.1, 0.15) is 6.04 Å². The lowest BCUT2D eigenvalue weighted by atomic mass is 10.0. The standard InChI is InChI=1S/C19H19F3N4O4/c20-19(21,22)8-10-9-25(6-5-23-10)11-1-2-12-13(7-11)18(30)26(17(12)29)14-3-4-15(27)24-16(14)28/h1-2,7,10,14,23H,3-6,8-9H2,(H,24,27,28). The molecule has 4 amide bonds. The Hall–Kier alpha value is -2.95. The van der Waals surface area contributed by atoms with Crippen molar-refractivity contribution in [2.24, 2.45) is 0 Å². The summed E-state index contributed by atoms with van der Waals surface area (Å²) in [6, 6.07) is 2.70. The molecule has 0 bridgehead atoms. The van der Waals surface area contributed by atoms with Crippen LogP contribution >= 0.6 is 0 Å². The molecule has 8 nitrogen and oxygen atoms in total. The summed E-state index contributed by atoms with van der Waals surface area (Å²) in [7, 11) is 0. The number of imide groups is 2.